The topological polar surface area (TPSA) is 74.8 Å². The maximum atomic E-state index is 12.5. The van der Waals surface area contributed by atoms with E-state index in [0.29, 0.717) is 32.8 Å². The van der Waals surface area contributed by atoms with E-state index in [4.69, 9.17) is 4.74 Å². The van der Waals surface area contributed by atoms with Crippen molar-refractivity contribution in [3.63, 3.8) is 0 Å². The maximum Gasteiger partial charge on any atom is 0.321 e. The zero-order valence-electron chi connectivity index (χ0n) is 15.9. The van der Waals surface area contributed by atoms with Crippen LogP contribution in [0.2, 0.25) is 0 Å². The summed E-state index contributed by atoms with van der Waals surface area (Å²) >= 11 is 1.61. The van der Waals surface area contributed by atoms with E-state index in [1.165, 1.54) is 0 Å². The van der Waals surface area contributed by atoms with Gasteiger partial charge in [-0.15, -0.1) is 11.3 Å². The Morgan fingerprint density at radius 2 is 1.86 bits per heavy atom. The molecule has 2 aliphatic heterocycles. The molecule has 0 saturated carbocycles. The molecule has 0 bridgehead atoms. The zero-order chi connectivity index (χ0) is 19.5. The molecule has 1 unspecified atom stereocenters. The quantitative estimate of drug-likeness (QED) is 0.860. The van der Waals surface area contributed by atoms with Gasteiger partial charge in [0.25, 0.3) is 5.91 Å². The highest BCUT2D eigenvalue weighted by atomic mass is 32.1. The van der Waals surface area contributed by atoms with Gasteiger partial charge < -0.3 is 19.9 Å². The first-order valence-electron chi connectivity index (χ1n) is 9.59. The molecule has 1 aromatic heterocycles. The number of anilines is 1. The Hall–Kier alpha value is -2.45. The first-order valence-corrected chi connectivity index (χ1v) is 10.5. The number of carbonyl (C=O) groups excluding carboxylic acids is 2. The molecule has 148 valence electrons. The number of ether oxygens (including phenoxy) is 1. The molecule has 1 N–H and O–H groups in total. The van der Waals surface area contributed by atoms with Crippen molar-refractivity contribution in [3.05, 3.63) is 35.3 Å². The van der Waals surface area contributed by atoms with E-state index in [-0.39, 0.29) is 18.0 Å². The van der Waals surface area contributed by atoms with Crippen LogP contribution in [0.3, 0.4) is 0 Å². The second-order valence-electron chi connectivity index (χ2n) is 7.12. The number of carbonyl (C=O) groups is 2. The summed E-state index contributed by atoms with van der Waals surface area (Å²) in [5, 5.41) is 5.93. The molecule has 2 saturated heterocycles. The summed E-state index contributed by atoms with van der Waals surface area (Å²) in [7, 11) is 0. The van der Waals surface area contributed by atoms with E-state index in [0.717, 1.165) is 34.8 Å². The lowest BCUT2D eigenvalue weighted by molar-refractivity contribution is -0.142. The van der Waals surface area contributed by atoms with Crippen molar-refractivity contribution in [1.29, 1.82) is 0 Å². The van der Waals surface area contributed by atoms with Gasteiger partial charge in [-0.1, -0.05) is 0 Å². The number of hydrogen-bond donors (Lipinski definition) is 1. The molecule has 2 fully saturated rings. The van der Waals surface area contributed by atoms with Crippen LogP contribution in [0.25, 0.3) is 10.6 Å². The largest absolute Gasteiger partial charge is 0.368 e. The number of rotatable bonds is 3. The fourth-order valence-electron chi connectivity index (χ4n) is 3.49. The lowest BCUT2D eigenvalue weighted by Gasteiger charge is -2.35. The van der Waals surface area contributed by atoms with Crippen LogP contribution in [0.15, 0.2) is 29.6 Å². The van der Waals surface area contributed by atoms with Gasteiger partial charge in [-0.2, -0.15) is 0 Å². The monoisotopic (exact) mass is 400 g/mol. The fraction of sp³-hybridized carbons (Fsp3) is 0.450. The van der Waals surface area contributed by atoms with E-state index in [9.17, 15) is 9.59 Å². The van der Waals surface area contributed by atoms with Crippen molar-refractivity contribution in [2.45, 2.75) is 25.9 Å². The van der Waals surface area contributed by atoms with Crippen molar-refractivity contribution in [2.24, 2.45) is 0 Å². The number of aromatic nitrogens is 1. The van der Waals surface area contributed by atoms with Crippen molar-refractivity contribution in [2.75, 3.05) is 38.1 Å². The van der Waals surface area contributed by atoms with Crippen LogP contribution in [-0.2, 0) is 9.53 Å². The number of amides is 3. The Balaban J connectivity index is 1.29. The Bertz CT molecular complexity index is 837. The van der Waals surface area contributed by atoms with Crippen LogP contribution in [0.5, 0.6) is 0 Å². The SMILES string of the molecule is Cc1csc(-c2ccc(NC(=O)N3CCN(C(=O)C4CCCO4)CC3)cc2)n1. The number of nitrogens with one attached hydrogen (secondary N) is 1. The first-order chi connectivity index (χ1) is 13.6. The summed E-state index contributed by atoms with van der Waals surface area (Å²) in [5.41, 5.74) is 2.80. The van der Waals surface area contributed by atoms with Gasteiger partial charge in [0, 0.05) is 55.1 Å². The van der Waals surface area contributed by atoms with Gasteiger partial charge in [-0.25, -0.2) is 9.78 Å². The third kappa shape index (κ3) is 4.18. The molecule has 0 aliphatic carbocycles. The standard InChI is InChI=1S/C20H24N4O3S/c1-14-13-28-18(21-14)15-4-6-16(7-5-15)22-20(26)24-10-8-23(9-11-24)19(25)17-3-2-12-27-17/h4-7,13,17H,2-3,8-12H2,1H3,(H,22,26). The van der Waals surface area contributed by atoms with Crippen molar-refractivity contribution in [3.8, 4) is 10.6 Å². The lowest BCUT2D eigenvalue weighted by Crippen LogP contribution is -2.53. The van der Waals surface area contributed by atoms with E-state index < -0.39 is 0 Å². The molecule has 1 aromatic carbocycles. The smallest absolute Gasteiger partial charge is 0.321 e. The van der Waals surface area contributed by atoms with Gasteiger partial charge in [0.2, 0.25) is 0 Å². The number of nitrogens with zero attached hydrogens (tertiary/aromatic N) is 3. The van der Waals surface area contributed by atoms with Crippen molar-refractivity contribution in [1.82, 2.24) is 14.8 Å². The van der Waals surface area contributed by atoms with Gasteiger partial charge >= 0.3 is 6.03 Å². The molecule has 2 aromatic rings. The third-order valence-electron chi connectivity index (χ3n) is 5.09. The molecule has 28 heavy (non-hydrogen) atoms. The second kappa shape index (κ2) is 8.28. The van der Waals surface area contributed by atoms with Gasteiger partial charge in [0.15, 0.2) is 0 Å². The molecule has 8 heteroatoms. The minimum Gasteiger partial charge on any atom is -0.368 e. The van der Waals surface area contributed by atoms with Gasteiger partial charge in [0.1, 0.15) is 11.1 Å². The number of thiazole rings is 1. The normalized spacial score (nSPS) is 19.7. The maximum absolute atomic E-state index is 12.5. The molecule has 0 radical (unpaired) electrons. The van der Waals surface area contributed by atoms with Crippen LogP contribution in [-0.4, -0.2) is 65.6 Å². The molecule has 3 heterocycles. The summed E-state index contributed by atoms with van der Waals surface area (Å²) in [6.07, 6.45) is 1.45. The summed E-state index contributed by atoms with van der Waals surface area (Å²) in [4.78, 5) is 33.0. The molecule has 3 amide bonds. The predicted molar refractivity (Wildman–Crippen MR) is 108 cm³/mol. The van der Waals surface area contributed by atoms with Gasteiger partial charge in [-0.3, -0.25) is 4.79 Å². The Labute approximate surface area is 168 Å². The summed E-state index contributed by atoms with van der Waals surface area (Å²) in [5.74, 6) is 0.0607. The van der Waals surface area contributed by atoms with Crippen LogP contribution in [0, 0.1) is 6.92 Å². The molecule has 0 spiro atoms. The van der Waals surface area contributed by atoms with E-state index in [1.54, 1.807) is 16.2 Å². The molecule has 4 rings (SSSR count). The molecular weight excluding hydrogens is 376 g/mol. The van der Waals surface area contributed by atoms with Crippen LogP contribution in [0.4, 0.5) is 10.5 Å². The van der Waals surface area contributed by atoms with E-state index >= 15 is 0 Å². The van der Waals surface area contributed by atoms with E-state index in [2.05, 4.69) is 10.3 Å². The van der Waals surface area contributed by atoms with E-state index in [1.807, 2.05) is 41.5 Å². The number of urea groups is 1. The molecule has 7 nitrogen and oxygen atoms in total. The Morgan fingerprint density at radius 3 is 2.46 bits per heavy atom. The molecular formula is C20H24N4O3S. The number of aryl methyl sites for hydroxylation is 1. The Morgan fingerprint density at radius 1 is 1.14 bits per heavy atom. The first kappa shape index (κ1) is 18.9. The number of hydrogen-bond acceptors (Lipinski definition) is 5. The highest BCUT2D eigenvalue weighted by Crippen LogP contribution is 2.25. The minimum atomic E-state index is -0.291. The number of piperazine rings is 1. The van der Waals surface area contributed by atoms with Gasteiger partial charge in [-0.05, 0) is 44.0 Å². The third-order valence-corrected chi connectivity index (χ3v) is 6.10. The Kier molecular flexibility index (Phi) is 5.59. The summed E-state index contributed by atoms with van der Waals surface area (Å²) in [6, 6.07) is 7.57. The van der Waals surface area contributed by atoms with Crippen molar-refractivity contribution < 1.29 is 14.3 Å². The van der Waals surface area contributed by atoms with Crippen LogP contribution < -0.4 is 5.32 Å². The summed E-state index contributed by atoms with van der Waals surface area (Å²) in [6.45, 7) is 4.80. The number of benzene rings is 1. The highest BCUT2D eigenvalue weighted by molar-refractivity contribution is 7.13. The minimum absolute atomic E-state index is 0.0607. The van der Waals surface area contributed by atoms with Crippen LogP contribution >= 0.6 is 11.3 Å². The fourth-order valence-corrected chi connectivity index (χ4v) is 4.29. The predicted octanol–water partition coefficient (Wildman–Crippen LogP) is 2.97. The second-order valence-corrected chi connectivity index (χ2v) is 7.97. The van der Waals surface area contributed by atoms with Crippen LogP contribution in [0.1, 0.15) is 18.5 Å². The molecule has 2 aliphatic rings. The summed E-state index contributed by atoms with van der Waals surface area (Å²) < 4.78 is 5.48. The van der Waals surface area contributed by atoms with Gasteiger partial charge in [0.05, 0.1) is 0 Å². The zero-order valence-corrected chi connectivity index (χ0v) is 16.7. The highest BCUT2D eigenvalue weighted by Gasteiger charge is 2.31. The van der Waals surface area contributed by atoms with Crippen molar-refractivity contribution >= 4 is 29.0 Å². The average molecular weight is 401 g/mol. The lowest BCUT2D eigenvalue weighted by atomic mass is 10.2. The molecule has 1 atom stereocenters. The average Bonchev–Trinajstić information content (AvgIpc) is 3.40.